The van der Waals surface area contributed by atoms with Crippen molar-refractivity contribution < 1.29 is 18.7 Å². The molecule has 0 radical (unpaired) electrons. The van der Waals surface area contributed by atoms with Gasteiger partial charge in [-0.15, -0.1) is 0 Å². The number of para-hydroxylation sites is 1. The first-order valence-electron chi connectivity index (χ1n) is 12.3. The molecule has 35 heavy (non-hydrogen) atoms. The van der Waals surface area contributed by atoms with Crippen LogP contribution in [-0.4, -0.2) is 66.2 Å². The minimum atomic E-state index is -0.453. The molecule has 1 aromatic heterocycles. The summed E-state index contributed by atoms with van der Waals surface area (Å²) < 4.78 is 25.5. The van der Waals surface area contributed by atoms with Crippen molar-refractivity contribution in [3.63, 3.8) is 0 Å². The Morgan fingerprint density at radius 2 is 1.91 bits per heavy atom. The van der Waals surface area contributed by atoms with Crippen LogP contribution in [-0.2, 0) is 20.7 Å². The summed E-state index contributed by atoms with van der Waals surface area (Å²) in [7, 11) is 1.44. The van der Waals surface area contributed by atoms with E-state index in [1.165, 1.54) is 18.7 Å². The van der Waals surface area contributed by atoms with Crippen LogP contribution in [0, 0.1) is 5.82 Å². The van der Waals surface area contributed by atoms with Crippen LogP contribution < -0.4 is 0 Å². The monoisotopic (exact) mass is 497 g/mol. The van der Waals surface area contributed by atoms with E-state index in [2.05, 4.69) is 26.9 Å². The van der Waals surface area contributed by atoms with Crippen LogP contribution >= 0.6 is 11.6 Å². The Morgan fingerprint density at radius 3 is 2.69 bits per heavy atom. The van der Waals surface area contributed by atoms with E-state index < -0.39 is 11.9 Å². The number of halogens is 2. The van der Waals surface area contributed by atoms with E-state index in [4.69, 9.17) is 21.1 Å². The van der Waals surface area contributed by atoms with Gasteiger partial charge in [-0.2, -0.15) is 0 Å². The average Bonchev–Trinajstić information content (AvgIpc) is 3.28. The van der Waals surface area contributed by atoms with Crippen molar-refractivity contribution in [3.05, 3.63) is 70.1 Å². The highest BCUT2D eigenvalue weighted by Gasteiger charge is 2.49. The van der Waals surface area contributed by atoms with Crippen molar-refractivity contribution in [2.75, 3.05) is 33.4 Å². The van der Waals surface area contributed by atoms with Crippen LogP contribution in [0.25, 0.3) is 10.9 Å². The lowest BCUT2D eigenvalue weighted by molar-refractivity contribution is -0.153. The topological polar surface area (TPSA) is 57.8 Å². The molecule has 4 heterocycles. The number of hydrogen-bond acceptors (Lipinski definition) is 5. The van der Waals surface area contributed by atoms with Crippen LogP contribution in [0.5, 0.6) is 0 Å². The Labute approximate surface area is 208 Å². The van der Waals surface area contributed by atoms with Crippen molar-refractivity contribution in [1.82, 2.24) is 14.8 Å². The predicted octanol–water partition coefficient (Wildman–Crippen LogP) is 4.64. The van der Waals surface area contributed by atoms with Gasteiger partial charge in [-0.3, -0.25) is 14.6 Å². The number of H-pyrrole nitrogens is 1. The highest BCUT2D eigenvalue weighted by molar-refractivity contribution is 6.30. The van der Waals surface area contributed by atoms with Gasteiger partial charge in [-0.25, -0.2) is 4.39 Å². The fraction of sp³-hybridized carbons (Fsp3) is 0.444. The number of benzene rings is 2. The van der Waals surface area contributed by atoms with Crippen LogP contribution in [0.4, 0.5) is 4.39 Å². The van der Waals surface area contributed by atoms with Gasteiger partial charge in [0.1, 0.15) is 11.9 Å². The molecule has 0 unspecified atom stereocenters. The molecule has 3 aliphatic rings. The Kier molecular flexibility index (Phi) is 6.05. The first kappa shape index (κ1) is 23.0. The molecular formula is C27H29ClFN3O3. The van der Waals surface area contributed by atoms with Gasteiger partial charge in [0.05, 0.1) is 31.4 Å². The van der Waals surface area contributed by atoms with Gasteiger partial charge in [0.15, 0.2) is 0 Å². The number of aromatic nitrogens is 1. The molecule has 8 heteroatoms. The van der Waals surface area contributed by atoms with Gasteiger partial charge in [-0.05, 0) is 42.2 Å². The standard InChI is InChI=1S/C27H29ClFN3O3/c1-34-27(33)25-15-19-18-4-2-3-5-22(18)30-26(19)24-14-17(31-8-10-35-11-9-31)13-23(32(24)25)16-6-7-20(28)21(29)12-16/h2-7,12,17,23-25,30H,8-11,13-15H2,1H3/t17-,23+,24-,25+/m1/s1. The Hall–Kier alpha value is -2.45. The smallest absolute Gasteiger partial charge is 0.323 e. The van der Waals surface area contributed by atoms with Gasteiger partial charge < -0.3 is 14.5 Å². The zero-order valence-corrected chi connectivity index (χ0v) is 20.4. The molecule has 2 fully saturated rings. The summed E-state index contributed by atoms with van der Waals surface area (Å²) in [5.41, 5.74) is 4.25. The lowest BCUT2D eigenvalue weighted by Crippen LogP contribution is -2.57. The lowest BCUT2D eigenvalue weighted by atomic mass is 9.79. The molecule has 0 bridgehead atoms. The number of nitrogens with one attached hydrogen (secondary N) is 1. The molecule has 184 valence electrons. The zero-order valence-electron chi connectivity index (χ0n) is 19.7. The summed E-state index contributed by atoms with van der Waals surface area (Å²) in [6, 6.07) is 12.9. The number of aromatic amines is 1. The van der Waals surface area contributed by atoms with Gasteiger partial charge >= 0.3 is 5.97 Å². The fourth-order valence-electron chi connectivity index (χ4n) is 6.41. The summed E-state index contributed by atoms with van der Waals surface area (Å²) in [5, 5.41) is 1.26. The Morgan fingerprint density at radius 1 is 1.14 bits per heavy atom. The number of nitrogens with zero attached hydrogens (tertiary/aromatic N) is 2. The first-order valence-corrected chi connectivity index (χ1v) is 12.6. The molecule has 1 N–H and O–H groups in total. The molecule has 2 saturated heterocycles. The third kappa shape index (κ3) is 3.95. The zero-order chi connectivity index (χ0) is 24.1. The second-order valence-corrected chi connectivity index (χ2v) is 10.1. The van der Waals surface area contributed by atoms with Crippen molar-refractivity contribution in [3.8, 4) is 0 Å². The number of ether oxygens (including phenoxy) is 2. The van der Waals surface area contributed by atoms with Crippen molar-refractivity contribution >= 4 is 28.5 Å². The van der Waals surface area contributed by atoms with E-state index in [0.717, 1.165) is 48.1 Å². The summed E-state index contributed by atoms with van der Waals surface area (Å²) in [6.07, 6.45) is 2.22. The number of piperidine rings is 1. The third-order valence-corrected chi connectivity index (χ3v) is 8.32. The Balaban J connectivity index is 1.50. The second-order valence-electron chi connectivity index (χ2n) is 9.73. The summed E-state index contributed by atoms with van der Waals surface area (Å²) in [4.78, 5) is 21.6. The van der Waals surface area contributed by atoms with Gasteiger partial charge in [-0.1, -0.05) is 35.9 Å². The molecule has 0 amide bonds. The molecule has 3 aromatic rings. The SMILES string of the molecule is COC(=O)[C@@H]1Cc2c([nH]c3ccccc23)[C@H]2C[C@H](N3CCOCC3)C[C@@H](c3ccc(Cl)c(F)c3)N21. The van der Waals surface area contributed by atoms with Gasteiger partial charge in [0.2, 0.25) is 0 Å². The largest absolute Gasteiger partial charge is 0.468 e. The quantitative estimate of drug-likeness (QED) is 0.534. The van der Waals surface area contributed by atoms with E-state index in [1.807, 2.05) is 18.2 Å². The Bertz CT molecular complexity index is 1260. The summed E-state index contributed by atoms with van der Waals surface area (Å²) in [5.74, 6) is -0.692. The molecule has 3 aliphatic heterocycles. The summed E-state index contributed by atoms with van der Waals surface area (Å²) in [6.45, 7) is 3.18. The average molecular weight is 498 g/mol. The number of esters is 1. The first-order chi connectivity index (χ1) is 17.0. The van der Waals surface area contributed by atoms with Crippen LogP contribution in [0.3, 0.4) is 0 Å². The highest BCUT2D eigenvalue weighted by atomic mass is 35.5. The molecule has 0 spiro atoms. The number of morpholine rings is 1. The second kappa shape index (κ2) is 9.21. The number of fused-ring (bicyclic) bond motifs is 5. The molecule has 0 saturated carbocycles. The molecule has 2 aromatic carbocycles. The molecular weight excluding hydrogens is 469 g/mol. The van der Waals surface area contributed by atoms with Crippen molar-refractivity contribution in [1.29, 1.82) is 0 Å². The molecule has 4 atom stereocenters. The lowest BCUT2D eigenvalue weighted by Gasteiger charge is -2.52. The number of hydrogen-bond donors (Lipinski definition) is 1. The minimum Gasteiger partial charge on any atom is -0.468 e. The summed E-state index contributed by atoms with van der Waals surface area (Å²) >= 11 is 6.03. The normalized spacial score (nSPS) is 27.4. The minimum absolute atomic E-state index is 0.0272. The number of methoxy groups -OCH3 is 1. The molecule has 6 nitrogen and oxygen atoms in total. The molecule has 0 aliphatic carbocycles. The maximum Gasteiger partial charge on any atom is 0.323 e. The van der Waals surface area contributed by atoms with E-state index in [9.17, 15) is 9.18 Å². The third-order valence-electron chi connectivity index (χ3n) is 8.01. The van der Waals surface area contributed by atoms with Crippen LogP contribution in [0.15, 0.2) is 42.5 Å². The molecule has 6 rings (SSSR count). The maximum atomic E-state index is 14.6. The van der Waals surface area contributed by atoms with Gasteiger partial charge in [0.25, 0.3) is 0 Å². The van der Waals surface area contributed by atoms with E-state index in [-0.39, 0.29) is 29.1 Å². The maximum absolute atomic E-state index is 14.6. The van der Waals surface area contributed by atoms with E-state index in [1.54, 1.807) is 6.07 Å². The van der Waals surface area contributed by atoms with Crippen molar-refractivity contribution in [2.45, 2.75) is 43.4 Å². The van der Waals surface area contributed by atoms with Crippen LogP contribution in [0.1, 0.15) is 41.7 Å². The number of rotatable bonds is 3. The number of carbonyl (C=O) groups excluding carboxylic acids is 1. The van der Waals surface area contributed by atoms with E-state index in [0.29, 0.717) is 19.6 Å². The van der Waals surface area contributed by atoms with Crippen molar-refractivity contribution in [2.24, 2.45) is 0 Å². The highest BCUT2D eigenvalue weighted by Crippen LogP contribution is 2.50. The number of carbonyl (C=O) groups is 1. The van der Waals surface area contributed by atoms with E-state index >= 15 is 0 Å². The fourth-order valence-corrected chi connectivity index (χ4v) is 6.52. The van der Waals surface area contributed by atoms with Crippen LogP contribution in [0.2, 0.25) is 5.02 Å². The van der Waals surface area contributed by atoms with Gasteiger partial charge in [0, 0.05) is 48.2 Å². The predicted molar refractivity (Wildman–Crippen MR) is 132 cm³/mol.